The zero-order chi connectivity index (χ0) is 11.6. The van der Waals surface area contributed by atoms with Crippen molar-refractivity contribution in [2.45, 2.75) is 0 Å². The molecule has 1 rings (SSSR count). The molecule has 1 aromatic rings. The third-order valence-corrected chi connectivity index (χ3v) is 1.63. The molecule has 6 heteroatoms. The molecule has 0 unspecified atom stereocenters. The van der Waals surface area contributed by atoms with Gasteiger partial charge in [0, 0.05) is 6.07 Å². The van der Waals surface area contributed by atoms with E-state index in [0.717, 1.165) is 7.11 Å². The fourth-order valence-electron chi connectivity index (χ4n) is 0.899. The summed E-state index contributed by atoms with van der Waals surface area (Å²) >= 11 is 0. The molecular weight excluding hydrogens is 213 g/mol. The second-order valence-corrected chi connectivity index (χ2v) is 2.57. The van der Waals surface area contributed by atoms with Crippen LogP contribution in [-0.2, 0) is 9.53 Å². The summed E-state index contributed by atoms with van der Waals surface area (Å²) in [5, 5.41) is 0. The Balaban J connectivity index is 3.21. The molecule has 0 aromatic heterocycles. The molecule has 15 heavy (non-hydrogen) atoms. The Labute approximate surface area is 82.5 Å². The normalized spacial score (nSPS) is 9.87. The number of hydrogen-bond donors (Lipinski definition) is 0. The van der Waals surface area contributed by atoms with Crippen molar-refractivity contribution in [3.8, 4) is 0 Å². The van der Waals surface area contributed by atoms with Crippen molar-refractivity contribution >= 4 is 11.8 Å². The summed E-state index contributed by atoms with van der Waals surface area (Å²) in [6, 6.07) is 0.495. The van der Waals surface area contributed by atoms with E-state index >= 15 is 0 Å². The highest BCUT2D eigenvalue weighted by Crippen LogP contribution is 2.14. The van der Waals surface area contributed by atoms with Crippen LogP contribution in [0.3, 0.4) is 0 Å². The molecule has 0 amide bonds. The molecule has 0 spiro atoms. The van der Waals surface area contributed by atoms with Crippen LogP contribution in [0, 0.1) is 17.5 Å². The number of ether oxygens (including phenoxy) is 1. The molecule has 0 saturated carbocycles. The highest BCUT2D eigenvalue weighted by molar-refractivity contribution is 6.40. The number of carbonyl (C=O) groups is 2. The maximum absolute atomic E-state index is 12.9. The Morgan fingerprint density at radius 3 is 2.13 bits per heavy atom. The van der Waals surface area contributed by atoms with Crippen LogP contribution in [0.25, 0.3) is 0 Å². The highest BCUT2D eigenvalue weighted by atomic mass is 19.2. The summed E-state index contributed by atoms with van der Waals surface area (Å²) in [6.45, 7) is 0. The maximum atomic E-state index is 12.9. The van der Waals surface area contributed by atoms with Gasteiger partial charge >= 0.3 is 5.97 Å². The Kier molecular flexibility index (Phi) is 3.08. The summed E-state index contributed by atoms with van der Waals surface area (Å²) in [5.41, 5.74) is -0.860. The highest BCUT2D eigenvalue weighted by Gasteiger charge is 2.22. The van der Waals surface area contributed by atoms with Crippen molar-refractivity contribution in [1.29, 1.82) is 0 Å². The van der Waals surface area contributed by atoms with Gasteiger partial charge in [-0.1, -0.05) is 0 Å². The van der Waals surface area contributed by atoms with E-state index in [1.54, 1.807) is 0 Å². The monoisotopic (exact) mass is 218 g/mol. The van der Waals surface area contributed by atoms with Crippen LogP contribution in [0.2, 0.25) is 0 Å². The summed E-state index contributed by atoms with van der Waals surface area (Å²) in [6.07, 6.45) is 0. The Morgan fingerprint density at radius 1 is 1.07 bits per heavy atom. The standard InChI is InChI=1S/C9H5F3O3/c1-15-9(14)8(13)4-2-6(11)7(12)3-5(4)10/h2-3H,1H3. The lowest BCUT2D eigenvalue weighted by atomic mass is 10.1. The molecular formula is C9H5F3O3. The molecule has 0 radical (unpaired) electrons. The van der Waals surface area contributed by atoms with Gasteiger partial charge in [0.1, 0.15) is 5.82 Å². The Morgan fingerprint density at radius 2 is 1.60 bits per heavy atom. The first kappa shape index (κ1) is 11.2. The van der Waals surface area contributed by atoms with Gasteiger partial charge in [0.05, 0.1) is 12.7 Å². The Hall–Kier alpha value is -1.85. The first-order valence-corrected chi connectivity index (χ1v) is 3.74. The van der Waals surface area contributed by atoms with Gasteiger partial charge in [0.15, 0.2) is 11.6 Å². The van der Waals surface area contributed by atoms with Crippen molar-refractivity contribution in [2.24, 2.45) is 0 Å². The van der Waals surface area contributed by atoms with E-state index in [2.05, 4.69) is 4.74 Å². The summed E-state index contributed by atoms with van der Waals surface area (Å²) in [4.78, 5) is 21.8. The van der Waals surface area contributed by atoms with Gasteiger partial charge in [-0.3, -0.25) is 4.79 Å². The molecule has 0 fully saturated rings. The molecule has 80 valence electrons. The number of benzene rings is 1. The average Bonchev–Trinajstić information content (AvgIpc) is 2.21. The molecule has 0 aliphatic rings. The number of methoxy groups -OCH3 is 1. The third-order valence-electron chi connectivity index (χ3n) is 1.63. The van der Waals surface area contributed by atoms with Gasteiger partial charge in [-0.25, -0.2) is 18.0 Å². The zero-order valence-electron chi connectivity index (χ0n) is 7.51. The molecule has 0 atom stereocenters. The second-order valence-electron chi connectivity index (χ2n) is 2.57. The number of rotatable bonds is 2. The minimum Gasteiger partial charge on any atom is -0.463 e. The smallest absolute Gasteiger partial charge is 0.379 e. The molecule has 0 saturated heterocycles. The molecule has 1 aromatic carbocycles. The molecule has 0 N–H and O–H groups in total. The summed E-state index contributed by atoms with van der Waals surface area (Å²) in [7, 11) is 0.915. The SMILES string of the molecule is COC(=O)C(=O)c1cc(F)c(F)cc1F. The maximum Gasteiger partial charge on any atom is 0.379 e. The number of carbonyl (C=O) groups excluding carboxylic acids is 2. The average molecular weight is 218 g/mol. The first-order valence-electron chi connectivity index (χ1n) is 3.74. The molecule has 0 aliphatic heterocycles. The van der Waals surface area contributed by atoms with Crippen LogP contribution in [-0.4, -0.2) is 18.9 Å². The van der Waals surface area contributed by atoms with Crippen molar-refractivity contribution in [2.75, 3.05) is 7.11 Å². The van der Waals surface area contributed by atoms with Gasteiger partial charge in [-0.15, -0.1) is 0 Å². The Bertz CT molecular complexity index is 429. The number of Topliss-reactive ketones (excluding diaryl/α,β-unsaturated/α-hetero) is 1. The predicted octanol–water partition coefficient (Wildman–Crippen LogP) is 1.46. The minimum atomic E-state index is -1.44. The number of ketones is 1. The summed E-state index contributed by atoms with van der Waals surface area (Å²) in [5.74, 6) is -6.88. The van der Waals surface area contributed by atoms with Crippen molar-refractivity contribution in [3.63, 3.8) is 0 Å². The topological polar surface area (TPSA) is 43.4 Å². The van der Waals surface area contributed by atoms with Crippen LogP contribution in [0.1, 0.15) is 10.4 Å². The van der Waals surface area contributed by atoms with E-state index < -0.39 is 34.8 Å². The third kappa shape index (κ3) is 2.15. The zero-order valence-corrected chi connectivity index (χ0v) is 7.51. The molecule has 0 heterocycles. The first-order chi connectivity index (χ1) is 6.97. The van der Waals surface area contributed by atoms with E-state index in [9.17, 15) is 22.8 Å². The van der Waals surface area contributed by atoms with Crippen LogP contribution in [0.15, 0.2) is 12.1 Å². The lowest BCUT2D eigenvalue weighted by Gasteiger charge is -2.01. The lowest BCUT2D eigenvalue weighted by Crippen LogP contribution is -2.17. The van der Waals surface area contributed by atoms with Crippen LogP contribution >= 0.6 is 0 Å². The second kappa shape index (κ2) is 4.12. The van der Waals surface area contributed by atoms with E-state index in [1.165, 1.54) is 0 Å². The number of hydrogen-bond acceptors (Lipinski definition) is 3. The van der Waals surface area contributed by atoms with Crippen LogP contribution < -0.4 is 0 Å². The predicted molar refractivity (Wildman–Crippen MR) is 42.7 cm³/mol. The van der Waals surface area contributed by atoms with E-state index in [1.807, 2.05) is 0 Å². The van der Waals surface area contributed by atoms with Gasteiger partial charge in [-0.05, 0) is 6.07 Å². The van der Waals surface area contributed by atoms with Crippen molar-refractivity contribution < 1.29 is 27.5 Å². The number of esters is 1. The van der Waals surface area contributed by atoms with E-state index in [4.69, 9.17) is 0 Å². The minimum absolute atomic E-state index is 0.186. The van der Waals surface area contributed by atoms with Gasteiger partial charge < -0.3 is 4.74 Å². The molecule has 0 aliphatic carbocycles. The quantitative estimate of drug-likeness (QED) is 0.326. The van der Waals surface area contributed by atoms with Crippen molar-refractivity contribution in [3.05, 3.63) is 35.1 Å². The molecule has 0 bridgehead atoms. The van der Waals surface area contributed by atoms with Gasteiger partial charge in [0.25, 0.3) is 5.78 Å². The fraction of sp³-hybridized carbons (Fsp3) is 0.111. The van der Waals surface area contributed by atoms with Gasteiger partial charge in [0.2, 0.25) is 0 Å². The lowest BCUT2D eigenvalue weighted by molar-refractivity contribution is -0.135. The van der Waals surface area contributed by atoms with Crippen LogP contribution in [0.5, 0.6) is 0 Å². The fourth-order valence-corrected chi connectivity index (χ4v) is 0.899. The van der Waals surface area contributed by atoms with Gasteiger partial charge in [-0.2, -0.15) is 0 Å². The largest absolute Gasteiger partial charge is 0.463 e. The van der Waals surface area contributed by atoms with E-state index in [0.29, 0.717) is 6.07 Å². The van der Waals surface area contributed by atoms with E-state index in [-0.39, 0.29) is 6.07 Å². The molecule has 3 nitrogen and oxygen atoms in total. The number of halogens is 3. The summed E-state index contributed by atoms with van der Waals surface area (Å²) < 4.78 is 42.1. The van der Waals surface area contributed by atoms with Crippen LogP contribution in [0.4, 0.5) is 13.2 Å². The van der Waals surface area contributed by atoms with Crippen molar-refractivity contribution in [1.82, 2.24) is 0 Å².